The van der Waals surface area contributed by atoms with E-state index in [2.05, 4.69) is 5.32 Å². The van der Waals surface area contributed by atoms with Gasteiger partial charge in [-0.2, -0.15) is 0 Å². The van der Waals surface area contributed by atoms with Crippen LogP contribution in [-0.4, -0.2) is 24.2 Å². The maximum atomic E-state index is 13.4. The van der Waals surface area contributed by atoms with Crippen LogP contribution in [0, 0.1) is 5.82 Å². The molecule has 5 heteroatoms. The molecule has 0 fully saturated rings. The lowest BCUT2D eigenvalue weighted by atomic mass is 10.1. The van der Waals surface area contributed by atoms with Gasteiger partial charge >= 0.3 is 0 Å². The van der Waals surface area contributed by atoms with Gasteiger partial charge in [0, 0.05) is 6.61 Å². The molecule has 0 aromatic heterocycles. The Morgan fingerprint density at radius 2 is 1.86 bits per heavy atom. The first-order valence-electron chi connectivity index (χ1n) is 6.56. The Morgan fingerprint density at radius 3 is 2.62 bits per heavy atom. The summed E-state index contributed by atoms with van der Waals surface area (Å²) in [5.41, 5.74) is 0.938. The van der Waals surface area contributed by atoms with E-state index in [9.17, 15) is 9.18 Å². The minimum Gasteiger partial charge on any atom is -0.483 e. The number of halogens is 1. The molecule has 2 aromatic carbocycles. The summed E-state index contributed by atoms with van der Waals surface area (Å²) in [4.78, 5) is 11.8. The number of amides is 1. The van der Waals surface area contributed by atoms with Crippen molar-refractivity contribution in [3.05, 3.63) is 59.9 Å². The SMILES string of the molecule is O=C(COc1ccccc1CCO)Nc1ccccc1F. The Morgan fingerprint density at radius 1 is 1.14 bits per heavy atom. The fourth-order valence-electron chi connectivity index (χ4n) is 1.86. The average Bonchev–Trinajstić information content (AvgIpc) is 2.49. The Bertz CT molecular complexity index is 616. The summed E-state index contributed by atoms with van der Waals surface area (Å²) in [6.45, 7) is -0.224. The molecule has 2 aromatic rings. The lowest BCUT2D eigenvalue weighted by Gasteiger charge is -2.11. The summed E-state index contributed by atoms with van der Waals surface area (Å²) >= 11 is 0. The molecule has 4 nitrogen and oxygen atoms in total. The van der Waals surface area contributed by atoms with Gasteiger partial charge in [0.05, 0.1) is 5.69 Å². The summed E-state index contributed by atoms with van der Waals surface area (Å²) in [5, 5.41) is 11.4. The molecule has 1 amide bonds. The molecule has 0 aliphatic rings. The smallest absolute Gasteiger partial charge is 0.262 e. The highest BCUT2D eigenvalue weighted by molar-refractivity contribution is 5.91. The van der Waals surface area contributed by atoms with Crippen LogP contribution in [0.5, 0.6) is 5.75 Å². The lowest BCUT2D eigenvalue weighted by Crippen LogP contribution is -2.21. The summed E-state index contributed by atoms with van der Waals surface area (Å²) in [6.07, 6.45) is 0.450. The van der Waals surface area contributed by atoms with Gasteiger partial charge < -0.3 is 15.2 Å². The largest absolute Gasteiger partial charge is 0.483 e. The third-order valence-electron chi connectivity index (χ3n) is 2.86. The molecule has 21 heavy (non-hydrogen) atoms. The van der Waals surface area contributed by atoms with E-state index in [1.165, 1.54) is 12.1 Å². The van der Waals surface area contributed by atoms with Crippen molar-refractivity contribution >= 4 is 11.6 Å². The molecule has 0 saturated heterocycles. The highest BCUT2D eigenvalue weighted by Gasteiger charge is 2.08. The number of anilines is 1. The number of nitrogens with one attached hydrogen (secondary N) is 1. The van der Waals surface area contributed by atoms with Gasteiger partial charge in [0.1, 0.15) is 11.6 Å². The zero-order valence-electron chi connectivity index (χ0n) is 11.4. The first-order chi connectivity index (χ1) is 10.2. The van der Waals surface area contributed by atoms with Gasteiger partial charge in [-0.15, -0.1) is 0 Å². The summed E-state index contributed by atoms with van der Waals surface area (Å²) < 4.78 is 18.8. The van der Waals surface area contributed by atoms with E-state index in [0.29, 0.717) is 12.2 Å². The first kappa shape index (κ1) is 15.0. The Kier molecular flexibility index (Phi) is 5.29. The minimum absolute atomic E-state index is 0.00178. The minimum atomic E-state index is -0.494. The van der Waals surface area contributed by atoms with E-state index >= 15 is 0 Å². The molecule has 0 bridgehead atoms. The summed E-state index contributed by atoms with van der Waals surface area (Å²) in [5.74, 6) is -0.402. The van der Waals surface area contributed by atoms with Crippen LogP contribution >= 0.6 is 0 Å². The molecule has 0 aliphatic carbocycles. The topological polar surface area (TPSA) is 58.6 Å². The van der Waals surface area contributed by atoms with Crippen LogP contribution in [0.2, 0.25) is 0 Å². The van der Waals surface area contributed by atoms with Crippen molar-refractivity contribution in [2.24, 2.45) is 0 Å². The van der Waals surface area contributed by atoms with E-state index in [-0.39, 0.29) is 18.9 Å². The number of hydrogen-bond donors (Lipinski definition) is 2. The number of carbonyl (C=O) groups is 1. The van der Waals surface area contributed by atoms with Crippen LogP contribution in [0.25, 0.3) is 0 Å². The number of para-hydroxylation sites is 2. The number of rotatable bonds is 6. The second-order valence-electron chi connectivity index (χ2n) is 4.40. The third-order valence-corrected chi connectivity index (χ3v) is 2.86. The van der Waals surface area contributed by atoms with Crippen LogP contribution in [0.3, 0.4) is 0 Å². The molecular weight excluding hydrogens is 273 g/mol. The average molecular weight is 289 g/mol. The molecule has 0 heterocycles. The molecule has 110 valence electrons. The molecular formula is C16H16FNO3. The lowest BCUT2D eigenvalue weighted by molar-refractivity contribution is -0.118. The fourth-order valence-corrected chi connectivity index (χ4v) is 1.86. The zero-order valence-corrected chi connectivity index (χ0v) is 11.4. The van der Waals surface area contributed by atoms with Crippen molar-refractivity contribution in [3.8, 4) is 5.75 Å². The quantitative estimate of drug-likeness (QED) is 0.858. The molecule has 0 aliphatic heterocycles. The van der Waals surface area contributed by atoms with Crippen molar-refractivity contribution < 1.29 is 19.0 Å². The van der Waals surface area contributed by atoms with Crippen molar-refractivity contribution in [1.82, 2.24) is 0 Å². The van der Waals surface area contributed by atoms with Gasteiger partial charge in [-0.1, -0.05) is 30.3 Å². The van der Waals surface area contributed by atoms with Gasteiger partial charge in [0.2, 0.25) is 0 Å². The normalized spacial score (nSPS) is 10.2. The number of aliphatic hydroxyl groups is 1. The number of carbonyl (C=O) groups excluding carboxylic acids is 1. The first-order valence-corrected chi connectivity index (χ1v) is 6.56. The van der Waals surface area contributed by atoms with Gasteiger partial charge in [-0.05, 0) is 30.2 Å². The molecule has 0 spiro atoms. The number of ether oxygens (including phenoxy) is 1. The van der Waals surface area contributed by atoms with Crippen molar-refractivity contribution in [3.63, 3.8) is 0 Å². The van der Waals surface area contributed by atoms with E-state index in [4.69, 9.17) is 9.84 Å². The fraction of sp³-hybridized carbons (Fsp3) is 0.188. The van der Waals surface area contributed by atoms with Crippen LogP contribution in [0.1, 0.15) is 5.56 Å². The van der Waals surface area contributed by atoms with E-state index in [1.807, 2.05) is 12.1 Å². The van der Waals surface area contributed by atoms with Gasteiger partial charge in [-0.3, -0.25) is 4.79 Å². The second kappa shape index (κ2) is 7.40. The summed E-state index contributed by atoms with van der Waals surface area (Å²) in [6, 6.07) is 13.1. The van der Waals surface area contributed by atoms with Gasteiger partial charge in [0.25, 0.3) is 5.91 Å². The van der Waals surface area contributed by atoms with Crippen molar-refractivity contribution in [2.45, 2.75) is 6.42 Å². The standard InChI is InChI=1S/C16H16FNO3/c17-13-6-2-3-7-14(13)18-16(20)11-21-15-8-4-1-5-12(15)9-10-19/h1-8,19H,9-11H2,(H,18,20). The Hall–Kier alpha value is -2.40. The summed E-state index contributed by atoms with van der Waals surface area (Å²) in [7, 11) is 0. The molecule has 2 rings (SSSR count). The van der Waals surface area contributed by atoms with Gasteiger partial charge in [0.15, 0.2) is 6.61 Å². The number of hydrogen-bond acceptors (Lipinski definition) is 3. The van der Waals surface area contributed by atoms with Crippen molar-refractivity contribution in [1.29, 1.82) is 0 Å². The van der Waals surface area contributed by atoms with E-state index in [0.717, 1.165) is 5.56 Å². The molecule has 0 saturated carbocycles. The number of benzene rings is 2. The monoisotopic (exact) mass is 289 g/mol. The molecule has 2 N–H and O–H groups in total. The highest BCUT2D eigenvalue weighted by Crippen LogP contribution is 2.18. The van der Waals surface area contributed by atoms with Gasteiger partial charge in [-0.25, -0.2) is 4.39 Å². The predicted molar refractivity (Wildman–Crippen MR) is 77.8 cm³/mol. The molecule has 0 radical (unpaired) electrons. The predicted octanol–water partition coefficient (Wildman–Crippen LogP) is 2.38. The van der Waals surface area contributed by atoms with Crippen LogP contribution < -0.4 is 10.1 Å². The van der Waals surface area contributed by atoms with Crippen molar-refractivity contribution in [2.75, 3.05) is 18.5 Å². The molecule has 0 atom stereocenters. The maximum Gasteiger partial charge on any atom is 0.262 e. The highest BCUT2D eigenvalue weighted by atomic mass is 19.1. The van der Waals surface area contributed by atoms with Crippen LogP contribution in [0.15, 0.2) is 48.5 Å². The Balaban J connectivity index is 1.94. The van der Waals surface area contributed by atoms with Crippen LogP contribution in [0.4, 0.5) is 10.1 Å². The second-order valence-corrected chi connectivity index (χ2v) is 4.40. The third kappa shape index (κ3) is 4.29. The van der Waals surface area contributed by atoms with E-state index in [1.54, 1.807) is 24.3 Å². The maximum absolute atomic E-state index is 13.4. The van der Waals surface area contributed by atoms with E-state index < -0.39 is 11.7 Å². The number of aliphatic hydroxyl groups excluding tert-OH is 1. The molecule has 0 unspecified atom stereocenters. The Labute approximate surface area is 122 Å². The van der Waals surface area contributed by atoms with Crippen LogP contribution in [-0.2, 0) is 11.2 Å². The zero-order chi connectivity index (χ0) is 15.1.